The molecule has 1 fully saturated rings. The second-order valence-electron chi connectivity index (χ2n) is 5.30. The molecule has 1 aromatic heterocycles. The van der Waals surface area contributed by atoms with Gasteiger partial charge in [-0.25, -0.2) is 0 Å². The number of methoxy groups -OCH3 is 1. The molecule has 2 heterocycles. The van der Waals surface area contributed by atoms with Gasteiger partial charge >= 0.3 is 0 Å². The number of aromatic nitrogens is 2. The predicted molar refractivity (Wildman–Crippen MR) is 81.2 cm³/mol. The van der Waals surface area contributed by atoms with Gasteiger partial charge in [0.1, 0.15) is 11.5 Å². The first-order valence-electron chi connectivity index (χ1n) is 7.34. The van der Waals surface area contributed by atoms with Crippen molar-refractivity contribution in [2.75, 3.05) is 20.2 Å². The Hall–Kier alpha value is -2.01. The molecule has 0 bridgehead atoms. The molecule has 21 heavy (non-hydrogen) atoms. The summed E-state index contributed by atoms with van der Waals surface area (Å²) in [6.07, 6.45) is 4.04. The van der Waals surface area contributed by atoms with Crippen molar-refractivity contribution in [2.24, 2.45) is 0 Å². The minimum atomic E-state index is 0.472. The number of ether oxygens (including phenoxy) is 2. The van der Waals surface area contributed by atoms with Crippen LogP contribution in [-0.2, 0) is 0 Å². The second kappa shape index (κ2) is 6.18. The van der Waals surface area contributed by atoms with Crippen LogP contribution in [0.1, 0.15) is 24.6 Å². The molecule has 0 unspecified atom stereocenters. The zero-order valence-electron chi connectivity index (χ0n) is 12.5. The topological polar surface area (TPSA) is 48.3 Å². The number of hydrogen-bond acceptors (Lipinski definition) is 4. The van der Waals surface area contributed by atoms with Crippen LogP contribution in [0.2, 0.25) is 0 Å². The SMILES string of the molecule is COc1ccc(Oc2cnn(C3CCNCC3)c2C)cc1. The molecule has 0 spiro atoms. The highest BCUT2D eigenvalue weighted by molar-refractivity contribution is 5.36. The van der Waals surface area contributed by atoms with Crippen LogP contribution >= 0.6 is 0 Å². The summed E-state index contributed by atoms with van der Waals surface area (Å²) in [6.45, 7) is 4.17. The molecule has 0 amide bonds. The molecule has 0 radical (unpaired) electrons. The van der Waals surface area contributed by atoms with Gasteiger partial charge in [0.2, 0.25) is 0 Å². The molecule has 1 aromatic carbocycles. The Kier molecular flexibility index (Phi) is 4.10. The smallest absolute Gasteiger partial charge is 0.168 e. The molecule has 1 aliphatic rings. The van der Waals surface area contributed by atoms with Gasteiger partial charge < -0.3 is 14.8 Å². The predicted octanol–water partition coefficient (Wildman–Crippen LogP) is 2.92. The highest BCUT2D eigenvalue weighted by Crippen LogP contribution is 2.29. The van der Waals surface area contributed by atoms with E-state index in [1.807, 2.05) is 30.5 Å². The zero-order valence-corrected chi connectivity index (χ0v) is 12.5. The van der Waals surface area contributed by atoms with Crippen LogP contribution < -0.4 is 14.8 Å². The molecule has 0 atom stereocenters. The van der Waals surface area contributed by atoms with Gasteiger partial charge in [-0.05, 0) is 57.1 Å². The Bertz CT molecular complexity index is 586. The summed E-state index contributed by atoms with van der Waals surface area (Å²) in [4.78, 5) is 0. The third-order valence-corrected chi connectivity index (χ3v) is 3.94. The van der Waals surface area contributed by atoms with Crippen molar-refractivity contribution in [1.82, 2.24) is 15.1 Å². The Labute approximate surface area is 124 Å². The van der Waals surface area contributed by atoms with E-state index < -0.39 is 0 Å². The van der Waals surface area contributed by atoms with Crippen LogP contribution in [0.15, 0.2) is 30.5 Å². The van der Waals surface area contributed by atoms with E-state index in [1.54, 1.807) is 7.11 Å². The number of piperidine rings is 1. The minimum absolute atomic E-state index is 0.472. The van der Waals surface area contributed by atoms with Crippen LogP contribution in [0.4, 0.5) is 0 Å². The molecule has 3 rings (SSSR count). The fraction of sp³-hybridized carbons (Fsp3) is 0.438. The van der Waals surface area contributed by atoms with E-state index in [1.165, 1.54) is 0 Å². The lowest BCUT2D eigenvalue weighted by molar-refractivity contribution is 0.336. The summed E-state index contributed by atoms with van der Waals surface area (Å²) in [5.41, 5.74) is 1.08. The van der Waals surface area contributed by atoms with Crippen LogP contribution in [0.3, 0.4) is 0 Å². The lowest BCUT2D eigenvalue weighted by Crippen LogP contribution is -2.30. The molecule has 5 heteroatoms. The van der Waals surface area contributed by atoms with Crippen molar-refractivity contribution in [1.29, 1.82) is 0 Å². The maximum Gasteiger partial charge on any atom is 0.168 e. The van der Waals surface area contributed by atoms with Gasteiger partial charge in [-0.2, -0.15) is 5.10 Å². The summed E-state index contributed by atoms with van der Waals surface area (Å²) in [7, 11) is 1.66. The lowest BCUT2D eigenvalue weighted by atomic mass is 10.1. The molecular weight excluding hydrogens is 266 g/mol. The lowest BCUT2D eigenvalue weighted by Gasteiger charge is -2.24. The maximum atomic E-state index is 5.93. The van der Waals surface area contributed by atoms with Gasteiger partial charge in [-0.15, -0.1) is 0 Å². The number of benzene rings is 1. The van der Waals surface area contributed by atoms with Crippen LogP contribution in [0, 0.1) is 6.92 Å². The monoisotopic (exact) mass is 287 g/mol. The Morgan fingerprint density at radius 1 is 1.14 bits per heavy atom. The molecule has 0 aliphatic carbocycles. The van der Waals surface area contributed by atoms with E-state index >= 15 is 0 Å². The van der Waals surface area contributed by atoms with Gasteiger partial charge in [0.05, 0.1) is 25.0 Å². The normalized spacial score (nSPS) is 15.9. The largest absolute Gasteiger partial charge is 0.497 e. The van der Waals surface area contributed by atoms with Crippen molar-refractivity contribution >= 4 is 0 Å². The number of nitrogens with zero attached hydrogens (tertiary/aromatic N) is 2. The van der Waals surface area contributed by atoms with Gasteiger partial charge in [-0.1, -0.05) is 0 Å². The summed E-state index contributed by atoms with van der Waals surface area (Å²) in [5, 5.41) is 7.89. The summed E-state index contributed by atoms with van der Waals surface area (Å²) in [5.74, 6) is 2.44. The number of rotatable bonds is 4. The molecule has 2 aromatic rings. The van der Waals surface area contributed by atoms with E-state index in [0.29, 0.717) is 6.04 Å². The second-order valence-corrected chi connectivity index (χ2v) is 5.30. The van der Waals surface area contributed by atoms with E-state index in [9.17, 15) is 0 Å². The fourth-order valence-corrected chi connectivity index (χ4v) is 2.70. The molecule has 1 saturated heterocycles. The molecule has 1 aliphatic heterocycles. The van der Waals surface area contributed by atoms with Gasteiger partial charge in [0.15, 0.2) is 5.75 Å². The first kappa shape index (κ1) is 13.9. The first-order chi connectivity index (χ1) is 10.3. The summed E-state index contributed by atoms with van der Waals surface area (Å²) >= 11 is 0. The summed E-state index contributed by atoms with van der Waals surface area (Å²) in [6, 6.07) is 8.06. The van der Waals surface area contributed by atoms with Gasteiger partial charge in [0.25, 0.3) is 0 Å². The van der Waals surface area contributed by atoms with E-state index in [-0.39, 0.29) is 0 Å². The number of hydrogen-bond donors (Lipinski definition) is 1. The molecule has 1 N–H and O–H groups in total. The standard InChI is InChI=1S/C16H21N3O2/c1-12-16(21-15-5-3-14(20-2)4-6-15)11-18-19(12)13-7-9-17-10-8-13/h3-6,11,13,17H,7-10H2,1-2H3. The van der Waals surface area contributed by atoms with Crippen LogP contribution in [0.25, 0.3) is 0 Å². The highest BCUT2D eigenvalue weighted by atomic mass is 16.5. The van der Waals surface area contributed by atoms with E-state index in [4.69, 9.17) is 9.47 Å². The Morgan fingerprint density at radius 3 is 2.48 bits per heavy atom. The maximum absolute atomic E-state index is 5.93. The quantitative estimate of drug-likeness (QED) is 0.939. The van der Waals surface area contributed by atoms with E-state index in [2.05, 4.69) is 22.0 Å². The molecular formula is C16H21N3O2. The molecule has 0 saturated carbocycles. The Balaban J connectivity index is 1.74. The van der Waals surface area contributed by atoms with Gasteiger partial charge in [-0.3, -0.25) is 4.68 Å². The van der Waals surface area contributed by atoms with Crippen LogP contribution in [-0.4, -0.2) is 30.0 Å². The van der Waals surface area contributed by atoms with E-state index in [0.717, 1.165) is 48.9 Å². The van der Waals surface area contributed by atoms with Crippen LogP contribution in [0.5, 0.6) is 17.2 Å². The average Bonchev–Trinajstić information content (AvgIpc) is 2.90. The zero-order chi connectivity index (χ0) is 14.7. The third-order valence-electron chi connectivity index (χ3n) is 3.94. The van der Waals surface area contributed by atoms with Crippen molar-refractivity contribution < 1.29 is 9.47 Å². The van der Waals surface area contributed by atoms with Gasteiger partial charge in [0, 0.05) is 0 Å². The number of nitrogens with one attached hydrogen (secondary N) is 1. The van der Waals surface area contributed by atoms with Crippen molar-refractivity contribution in [3.05, 3.63) is 36.2 Å². The fourth-order valence-electron chi connectivity index (χ4n) is 2.70. The minimum Gasteiger partial charge on any atom is -0.497 e. The first-order valence-corrected chi connectivity index (χ1v) is 7.34. The highest BCUT2D eigenvalue weighted by Gasteiger charge is 2.19. The average molecular weight is 287 g/mol. The summed E-state index contributed by atoms with van der Waals surface area (Å²) < 4.78 is 13.2. The van der Waals surface area contributed by atoms with Crippen molar-refractivity contribution in [3.8, 4) is 17.2 Å². The Morgan fingerprint density at radius 2 is 1.81 bits per heavy atom. The third kappa shape index (κ3) is 3.03. The van der Waals surface area contributed by atoms with Crippen molar-refractivity contribution in [3.63, 3.8) is 0 Å². The molecule has 112 valence electrons. The van der Waals surface area contributed by atoms with Crippen molar-refractivity contribution in [2.45, 2.75) is 25.8 Å². The molecule has 5 nitrogen and oxygen atoms in total.